The predicted octanol–water partition coefficient (Wildman–Crippen LogP) is 1.29. The first-order chi connectivity index (χ1) is 8.34. The average Bonchev–Trinajstić information content (AvgIpc) is 2.57. The molecular weight excluding hydrogens is 228 g/mol. The van der Waals surface area contributed by atoms with Crippen LogP contribution in [0.3, 0.4) is 0 Å². The fraction of sp³-hybridized carbons (Fsp3) is 0.538. The number of nitrogens with zero attached hydrogens (tertiary/aromatic N) is 2. The number of nitrogens with one attached hydrogen (secondary N) is 1. The molecular formula is C13H20N4O. The zero-order valence-corrected chi connectivity index (χ0v) is 11.4. The SMILES string of the molecule is Cc1nn(C(C)(C)C)c2[nH]c(=O)c(CCN)cc12. The zero-order chi connectivity index (χ0) is 13.5. The number of rotatable bonds is 2. The lowest BCUT2D eigenvalue weighted by Gasteiger charge is -2.20. The average molecular weight is 248 g/mol. The predicted molar refractivity (Wildman–Crippen MR) is 72.8 cm³/mol. The third kappa shape index (κ3) is 2.06. The highest BCUT2D eigenvalue weighted by Crippen LogP contribution is 2.22. The quantitative estimate of drug-likeness (QED) is 0.840. The van der Waals surface area contributed by atoms with Gasteiger partial charge in [0.25, 0.3) is 5.56 Å². The van der Waals surface area contributed by atoms with Crippen molar-refractivity contribution in [2.75, 3.05) is 6.54 Å². The van der Waals surface area contributed by atoms with Crippen molar-refractivity contribution in [1.82, 2.24) is 14.8 Å². The van der Waals surface area contributed by atoms with E-state index < -0.39 is 0 Å². The molecule has 5 nitrogen and oxygen atoms in total. The van der Waals surface area contributed by atoms with Gasteiger partial charge in [0.15, 0.2) is 0 Å². The van der Waals surface area contributed by atoms with E-state index in [1.807, 2.05) is 17.7 Å². The van der Waals surface area contributed by atoms with Crippen LogP contribution in [0, 0.1) is 6.92 Å². The lowest BCUT2D eigenvalue weighted by Crippen LogP contribution is -2.25. The Hall–Kier alpha value is -1.62. The Morgan fingerprint density at radius 3 is 2.67 bits per heavy atom. The third-order valence-corrected chi connectivity index (χ3v) is 3.00. The highest BCUT2D eigenvalue weighted by Gasteiger charge is 2.20. The van der Waals surface area contributed by atoms with E-state index in [0.29, 0.717) is 13.0 Å². The number of nitrogens with two attached hydrogens (primary N) is 1. The van der Waals surface area contributed by atoms with E-state index in [2.05, 4.69) is 30.9 Å². The molecule has 2 aromatic rings. The van der Waals surface area contributed by atoms with Crippen LogP contribution in [0.5, 0.6) is 0 Å². The molecule has 18 heavy (non-hydrogen) atoms. The number of aromatic amines is 1. The van der Waals surface area contributed by atoms with Crippen LogP contribution in [-0.2, 0) is 12.0 Å². The Labute approximate surface area is 106 Å². The van der Waals surface area contributed by atoms with E-state index in [-0.39, 0.29) is 11.1 Å². The summed E-state index contributed by atoms with van der Waals surface area (Å²) in [6.45, 7) is 8.61. The smallest absolute Gasteiger partial charge is 0.252 e. The molecule has 0 unspecified atom stereocenters. The fourth-order valence-electron chi connectivity index (χ4n) is 2.09. The molecule has 0 aromatic carbocycles. The van der Waals surface area contributed by atoms with Crippen molar-refractivity contribution >= 4 is 11.0 Å². The van der Waals surface area contributed by atoms with Crippen molar-refractivity contribution in [2.45, 2.75) is 39.7 Å². The van der Waals surface area contributed by atoms with Gasteiger partial charge in [-0.15, -0.1) is 0 Å². The van der Waals surface area contributed by atoms with Crippen molar-refractivity contribution in [3.63, 3.8) is 0 Å². The second kappa shape index (κ2) is 4.24. The molecule has 0 spiro atoms. The topological polar surface area (TPSA) is 76.7 Å². The Bertz CT molecular complexity index is 631. The Morgan fingerprint density at radius 1 is 1.44 bits per heavy atom. The van der Waals surface area contributed by atoms with Gasteiger partial charge in [-0.3, -0.25) is 4.79 Å². The maximum absolute atomic E-state index is 12.0. The van der Waals surface area contributed by atoms with Crippen molar-refractivity contribution in [1.29, 1.82) is 0 Å². The van der Waals surface area contributed by atoms with Crippen LogP contribution in [0.25, 0.3) is 11.0 Å². The minimum atomic E-state index is -0.162. The van der Waals surface area contributed by atoms with E-state index in [0.717, 1.165) is 22.3 Å². The van der Waals surface area contributed by atoms with Crippen molar-refractivity contribution in [3.8, 4) is 0 Å². The van der Waals surface area contributed by atoms with Crippen LogP contribution >= 0.6 is 0 Å². The monoisotopic (exact) mass is 248 g/mol. The van der Waals surface area contributed by atoms with E-state index >= 15 is 0 Å². The van der Waals surface area contributed by atoms with Crippen LogP contribution in [0.4, 0.5) is 0 Å². The number of aromatic nitrogens is 3. The molecule has 0 aliphatic rings. The van der Waals surface area contributed by atoms with Crippen LogP contribution in [0.15, 0.2) is 10.9 Å². The first-order valence-electron chi connectivity index (χ1n) is 6.16. The summed E-state index contributed by atoms with van der Waals surface area (Å²) in [6.07, 6.45) is 0.589. The summed E-state index contributed by atoms with van der Waals surface area (Å²) in [7, 11) is 0. The number of hydrogen-bond donors (Lipinski definition) is 2. The maximum atomic E-state index is 12.0. The molecule has 2 heterocycles. The summed E-state index contributed by atoms with van der Waals surface area (Å²) in [6, 6.07) is 1.91. The molecule has 0 saturated carbocycles. The summed E-state index contributed by atoms with van der Waals surface area (Å²) in [4.78, 5) is 14.9. The molecule has 0 radical (unpaired) electrons. The van der Waals surface area contributed by atoms with Crippen LogP contribution in [0.1, 0.15) is 32.0 Å². The number of aryl methyl sites for hydroxylation is 1. The number of fused-ring (bicyclic) bond motifs is 1. The molecule has 0 aliphatic heterocycles. The Balaban J connectivity index is 2.75. The third-order valence-electron chi connectivity index (χ3n) is 3.00. The Kier molecular flexibility index (Phi) is 3.02. The standard InChI is InChI=1S/C13H20N4O/c1-8-10-7-9(5-6-14)12(18)15-11(10)17(16-8)13(2,3)4/h7H,5-6,14H2,1-4H3,(H,15,18). The normalized spacial score (nSPS) is 12.3. The van der Waals surface area contributed by atoms with Gasteiger partial charge < -0.3 is 10.7 Å². The fourth-order valence-corrected chi connectivity index (χ4v) is 2.09. The molecule has 0 amide bonds. The van der Waals surface area contributed by atoms with Crippen molar-refractivity contribution in [2.24, 2.45) is 5.73 Å². The van der Waals surface area contributed by atoms with E-state index in [4.69, 9.17) is 5.73 Å². The van der Waals surface area contributed by atoms with Gasteiger partial charge in [0, 0.05) is 10.9 Å². The molecule has 0 saturated heterocycles. The Morgan fingerprint density at radius 2 is 2.11 bits per heavy atom. The van der Waals surface area contributed by atoms with Gasteiger partial charge in [-0.05, 0) is 46.7 Å². The lowest BCUT2D eigenvalue weighted by atomic mass is 10.1. The van der Waals surface area contributed by atoms with E-state index in [1.54, 1.807) is 0 Å². The summed E-state index contributed by atoms with van der Waals surface area (Å²) < 4.78 is 1.87. The minimum absolute atomic E-state index is 0.0710. The van der Waals surface area contributed by atoms with E-state index in [9.17, 15) is 4.79 Å². The maximum Gasteiger partial charge on any atom is 0.252 e. The summed E-state index contributed by atoms with van der Waals surface area (Å²) in [5, 5.41) is 5.51. The van der Waals surface area contributed by atoms with Crippen molar-refractivity contribution in [3.05, 3.63) is 27.7 Å². The summed E-state index contributed by atoms with van der Waals surface area (Å²) in [5.74, 6) is 0. The lowest BCUT2D eigenvalue weighted by molar-refractivity contribution is 0.364. The zero-order valence-electron chi connectivity index (χ0n) is 11.4. The highest BCUT2D eigenvalue weighted by molar-refractivity contribution is 5.78. The molecule has 0 fully saturated rings. The largest absolute Gasteiger partial charge is 0.330 e. The van der Waals surface area contributed by atoms with Gasteiger partial charge >= 0.3 is 0 Å². The molecule has 5 heteroatoms. The van der Waals surface area contributed by atoms with E-state index in [1.165, 1.54) is 0 Å². The number of pyridine rings is 1. The number of hydrogen-bond acceptors (Lipinski definition) is 3. The second-order valence-corrected chi connectivity index (χ2v) is 5.59. The van der Waals surface area contributed by atoms with Gasteiger partial charge in [0.1, 0.15) is 5.65 Å². The molecule has 2 aromatic heterocycles. The number of H-pyrrole nitrogens is 1. The van der Waals surface area contributed by atoms with Gasteiger partial charge in [-0.1, -0.05) is 0 Å². The first kappa shape index (κ1) is 12.8. The van der Waals surface area contributed by atoms with Gasteiger partial charge in [0.2, 0.25) is 0 Å². The van der Waals surface area contributed by atoms with Crippen LogP contribution in [0.2, 0.25) is 0 Å². The summed E-state index contributed by atoms with van der Waals surface area (Å²) in [5.41, 5.74) is 7.71. The molecule has 0 atom stereocenters. The second-order valence-electron chi connectivity index (χ2n) is 5.59. The highest BCUT2D eigenvalue weighted by atomic mass is 16.1. The van der Waals surface area contributed by atoms with Crippen molar-refractivity contribution < 1.29 is 0 Å². The molecule has 98 valence electrons. The first-order valence-corrected chi connectivity index (χ1v) is 6.16. The minimum Gasteiger partial charge on any atom is -0.330 e. The van der Waals surface area contributed by atoms with Gasteiger partial charge in [-0.25, -0.2) is 4.68 Å². The van der Waals surface area contributed by atoms with Gasteiger partial charge in [0.05, 0.1) is 11.2 Å². The molecule has 0 aliphatic carbocycles. The van der Waals surface area contributed by atoms with Crippen LogP contribution < -0.4 is 11.3 Å². The molecule has 2 rings (SSSR count). The molecule has 3 N–H and O–H groups in total. The summed E-state index contributed by atoms with van der Waals surface area (Å²) >= 11 is 0. The molecule has 0 bridgehead atoms. The van der Waals surface area contributed by atoms with Gasteiger partial charge in [-0.2, -0.15) is 5.10 Å². The van der Waals surface area contributed by atoms with Crippen LogP contribution in [-0.4, -0.2) is 21.3 Å².